The van der Waals surface area contributed by atoms with E-state index < -0.39 is 5.25 Å². The Morgan fingerprint density at radius 3 is 2.68 bits per heavy atom. The second kappa shape index (κ2) is 6.83. The highest BCUT2D eigenvalue weighted by Crippen LogP contribution is 2.29. The van der Waals surface area contributed by atoms with Gasteiger partial charge in [0.15, 0.2) is 5.17 Å². The van der Waals surface area contributed by atoms with Gasteiger partial charge < -0.3 is 10.2 Å². The molecule has 0 unspecified atom stereocenters. The highest BCUT2D eigenvalue weighted by molar-refractivity contribution is 9.10. The molecular weight excluding hydrogens is 366 g/mol. The Hall–Kier alpha value is -1.34. The summed E-state index contributed by atoms with van der Waals surface area (Å²) in [5.41, 5.74) is 0.726. The number of thioether (sulfide) groups is 1. The molecule has 116 valence electrons. The highest BCUT2D eigenvalue weighted by Gasteiger charge is 2.33. The van der Waals surface area contributed by atoms with E-state index in [2.05, 4.69) is 31.1 Å². The zero-order chi connectivity index (χ0) is 15.5. The Bertz CT molecular complexity index is 612. The third-order valence-electron chi connectivity index (χ3n) is 3.60. The lowest BCUT2D eigenvalue weighted by atomic mass is 10.2. The molecule has 0 radical (unpaired) electrons. The fourth-order valence-corrected chi connectivity index (χ4v) is 3.85. The molecule has 1 N–H and O–H groups in total. The average molecular weight is 382 g/mol. The van der Waals surface area contributed by atoms with Crippen LogP contribution in [-0.4, -0.2) is 40.2 Å². The quantitative estimate of drug-likeness (QED) is 0.874. The Kier molecular flexibility index (Phi) is 4.83. The minimum Gasteiger partial charge on any atom is -0.351 e. The maximum atomic E-state index is 12.1. The molecule has 1 atom stereocenters. The first-order valence-corrected chi connectivity index (χ1v) is 8.88. The first-order valence-electron chi connectivity index (χ1n) is 7.21. The van der Waals surface area contributed by atoms with E-state index in [0.717, 1.165) is 41.3 Å². The first-order chi connectivity index (χ1) is 10.6. The summed E-state index contributed by atoms with van der Waals surface area (Å²) in [4.78, 5) is 30.3. The maximum absolute atomic E-state index is 12.1. The van der Waals surface area contributed by atoms with Crippen molar-refractivity contribution in [1.29, 1.82) is 0 Å². The lowest BCUT2D eigenvalue weighted by Crippen LogP contribution is -2.25. The van der Waals surface area contributed by atoms with Crippen LogP contribution in [0.15, 0.2) is 33.7 Å². The number of anilines is 1. The second-order valence-electron chi connectivity index (χ2n) is 5.29. The van der Waals surface area contributed by atoms with Crippen LogP contribution >= 0.6 is 27.7 Å². The van der Waals surface area contributed by atoms with Gasteiger partial charge in [0.05, 0.1) is 0 Å². The number of halogens is 1. The smallest absolute Gasteiger partial charge is 0.262 e. The van der Waals surface area contributed by atoms with Crippen LogP contribution < -0.4 is 5.32 Å². The SMILES string of the molecule is O=C(C[C@@H]1SC(N2CCCC2)=NC1=O)Nc1ccc(Br)cc1. The number of amidine groups is 1. The predicted molar refractivity (Wildman–Crippen MR) is 92.0 cm³/mol. The number of rotatable bonds is 3. The van der Waals surface area contributed by atoms with Gasteiger partial charge >= 0.3 is 0 Å². The zero-order valence-corrected chi connectivity index (χ0v) is 14.3. The van der Waals surface area contributed by atoms with E-state index in [9.17, 15) is 9.59 Å². The van der Waals surface area contributed by atoms with Gasteiger partial charge in [0.25, 0.3) is 5.91 Å². The number of carbonyl (C=O) groups excluding carboxylic acids is 2. The topological polar surface area (TPSA) is 61.8 Å². The summed E-state index contributed by atoms with van der Waals surface area (Å²) in [5, 5.41) is 3.20. The first kappa shape index (κ1) is 15.6. The van der Waals surface area contributed by atoms with Crippen molar-refractivity contribution in [2.24, 2.45) is 4.99 Å². The molecule has 22 heavy (non-hydrogen) atoms. The average Bonchev–Trinajstić information content (AvgIpc) is 3.12. The fourth-order valence-electron chi connectivity index (χ4n) is 2.47. The molecule has 7 heteroatoms. The van der Waals surface area contributed by atoms with Gasteiger partial charge in [-0.2, -0.15) is 4.99 Å². The molecule has 2 aliphatic rings. The van der Waals surface area contributed by atoms with E-state index in [1.165, 1.54) is 11.8 Å². The predicted octanol–water partition coefficient (Wildman–Crippen LogP) is 2.87. The van der Waals surface area contributed by atoms with Gasteiger partial charge in [0, 0.05) is 29.7 Å². The third kappa shape index (κ3) is 3.70. The van der Waals surface area contributed by atoms with E-state index in [1.54, 1.807) is 0 Å². The Morgan fingerprint density at radius 2 is 2.00 bits per heavy atom. The fraction of sp³-hybridized carbons (Fsp3) is 0.400. The Morgan fingerprint density at radius 1 is 1.32 bits per heavy atom. The summed E-state index contributed by atoms with van der Waals surface area (Å²) >= 11 is 4.76. The largest absolute Gasteiger partial charge is 0.351 e. The molecule has 0 bridgehead atoms. The van der Waals surface area contributed by atoms with Crippen molar-refractivity contribution in [3.8, 4) is 0 Å². The van der Waals surface area contributed by atoms with Gasteiger partial charge in [-0.1, -0.05) is 27.7 Å². The summed E-state index contributed by atoms with van der Waals surface area (Å²) < 4.78 is 0.954. The molecule has 0 aromatic heterocycles. The van der Waals surface area contributed by atoms with Gasteiger partial charge in [0.1, 0.15) is 5.25 Å². The van der Waals surface area contributed by atoms with Crippen LogP contribution in [0.3, 0.4) is 0 Å². The third-order valence-corrected chi connectivity index (χ3v) is 5.35. The summed E-state index contributed by atoms with van der Waals surface area (Å²) in [6.07, 6.45) is 2.44. The normalized spacial score (nSPS) is 21.1. The molecule has 2 amide bonds. The van der Waals surface area contributed by atoms with Gasteiger partial charge in [0.2, 0.25) is 5.91 Å². The molecule has 1 fully saturated rings. The number of likely N-dealkylation sites (tertiary alicyclic amines) is 1. The van der Waals surface area contributed by atoms with Crippen LogP contribution in [0.1, 0.15) is 19.3 Å². The van der Waals surface area contributed by atoms with Crippen LogP contribution in [0, 0.1) is 0 Å². The molecule has 1 saturated heterocycles. The van der Waals surface area contributed by atoms with Crippen LogP contribution in [-0.2, 0) is 9.59 Å². The number of nitrogens with zero attached hydrogens (tertiary/aromatic N) is 2. The Labute approximate surface area is 141 Å². The van der Waals surface area contributed by atoms with Crippen molar-refractivity contribution in [1.82, 2.24) is 4.90 Å². The number of nitrogens with one attached hydrogen (secondary N) is 1. The van der Waals surface area contributed by atoms with E-state index in [1.807, 2.05) is 24.3 Å². The molecule has 2 heterocycles. The van der Waals surface area contributed by atoms with Crippen molar-refractivity contribution in [2.45, 2.75) is 24.5 Å². The molecular formula is C15H16BrN3O2S. The number of hydrogen-bond donors (Lipinski definition) is 1. The summed E-state index contributed by atoms with van der Waals surface area (Å²) in [5.74, 6) is -0.357. The summed E-state index contributed by atoms with van der Waals surface area (Å²) in [7, 11) is 0. The number of hydrogen-bond acceptors (Lipinski definition) is 4. The molecule has 3 rings (SSSR count). The van der Waals surface area contributed by atoms with Gasteiger partial charge in [-0.05, 0) is 37.1 Å². The van der Waals surface area contributed by atoms with Crippen molar-refractivity contribution in [3.05, 3.63) is 28.7 Å². The van der Waals surface area contributed by atoms with E-state index in [0.29, 0.717) is 0 Å². The highest BCUT2D eigenvalue weighted by atomic mass is 79.9. The van der Waals surface area contributed by atoms with Crippen LogP contribution in [0.4, 0.5) is 5.69 Å². The second-order valence-corrected chi connectivity index (χ2v) is 7.38. The minimum atomic E-state index is -0.397. The van der Waals surface area contributed by atoms with Gasteiger partial charge in [-0.25, -0.2) is 0 Å². The lowest BCUT2D eigenvalue weighted by molar-refractivity contribution is -0.121. The van der Waals surface area contributed by atoms with Crippen molar-refractivity contribution < 1.29 is 9.59 Å². The van der Waals surface area contributed by atoms with Crippen molar-refractivity contribution in [3.63, 3.8) is 0 Å². The maximum Gasteiger partial charge on any atom is 0.262 e. The summed E-state index contributed by atoms with van der Waals surface area (Å²) in [6, 6.07) is 7.36. The molecule has 5 nitrogen and oxygen atoms in total. The van der Waals surface area contributed by atoms with E-state index in [-0.39, 0.29) is 18.2 Å². The van der Waals surface area contributed by atoms with Crippen LogP contribution in [0.5, 0.6) is 0 Å². The monoisotopic (exact) mass is 381 g/mol. The number of benzene rings is 1. The number of aliphatic imine (C=N–C) groups is 1. The molecule has 1 aromatic rings. The molecule has 0 spiro atoms. The van der Waals surface area contributed by atoms with E-state index >= 15 is 0 Å². The summed E-state index contributed by atoms with van der Waals surface area (Å²) in [6.45, 7) is 1.91. The molecule has 0 saturated carbocycles. The number of amides is 2. The van der Waals surface area contributed by atoms with Crippen molar-refractivity contribution in [2.75, 3.05) is 18.4 Å². The Balaban J connectivity index is 1.54. The molecule has 1 aromatic carbocycles. The van der Waals surface area contributed by atoms with Crippen LogP contribution in [0.25, 0.3) is 0 Å². The lowest BCUT2D eigenvalue weighted by Gasteiger charge is -2.16. The van der Waals surface area contributed by atoms with Gasteiger partial charge in [-0.3, -0.25) is 9.59 Å². The molecule has 0 aliphatic carbocycles. The van der Waals surface area contributed by atoms with Gasteiger partial charge in [-0.15, -0.1) is 0 Å². The van der Waals surface area contributed by atoms with Crippen LogP contribution in [0.2, 0.25) is 0 Å². The molecule has 2 aliphatic heterocycles. The number of carbonyl (C=O) groups is 2. The minimum absolute atomic E-state index is 0.153. The van der Waals surface area contributed by atoms with E-state index in [4.69, 9.17) is 0 Å². The van der Waals surface area contributed by atoms with Crippen molar-refractivity contribution >= 4 is 50.4 Å². The zero-order valence-electron chi connectivity index (χ0n) is 11.9. The standard InChI is InChI=1S/C15H16BrN3O2S/c16-10-3-5-11(6-4-10)17-13(20)9-12-14(21)18-15(22-12)19-7-1-2-8-19/h3-6,12H,1-2,7-9H2,(H,17,20)/t12-/m0/s1.